The number of nitrogens with zero attached hydrogens (tertiary/aromatic N) is 1. The van der Waals surface area contributed by atoms with Crippen molar-refractivity contribution in [3.63, 3.8) is 0 Å². The number of hydrogen-bond donors (Lipinski definition) is 1. The largest absolute Gasteiger partial charge is 0.448 e. The number of carbonyl (C=O) groups excluding carboxylic acids is 2. The number of nitrogens with one attached hydrogen (secondary N) is 1. The zero-order valence-electron chi connectivity index (χ0n) is 12.1. The molecule has 0 aromatic carbocycles. The quantitative estimate of drug-likeness (QED) is 0.870. The van der Waals surface area contributed by atoms with Crippen molar-refractivity contribution < 1.29 is 14.3 Å². The molecule has 7 heteroatoms. The number of ether oxygens (including phenoxy) is 1. The van der Waals surface area contributed by atoms with Gasteiger partial charge in [-0.15, -0.1) is 22.7 Å². The normalized spacial score (nSPS) is 15.0. The highest BCUT2D eigenvalue weighted by Crippen LogP contribution is 2.30. The number of aromatic nitrogens is 1. The third kappa shape index (κ3) is 3.36. The molecule has 0 aliphatic heterocycles. The van der Waals surface area contributed by atoms with Crippen LogP contribution in [-0.2, 0) is 22.4 Å². The number of anilines is 1. The Hall–Kier alpha value is -1.73. The van der Waals surface area contributed by atoms with E-state index < -0.39 is 12.1 Å². The Morgan fingerprint density at radius 2 is 2.18 bits per heavy atom. The summed E-state index contributed by atoms with van der Waals surface area (Å²) in [7, 11) is 0. The smallest absolute Gasteiger partial charge is 0.349 e. The third-order valence-electron chi connectivity index (χ3n) is 3.51. The number of hydrogen-bond acceptors (Lipinski definition) is 6. The summed E-state index contributed by atoms with van der Waals surface area (Å²) >= 11 is 2.81. The summed E-state index contributed by atoms with van der Waals surface area (Å²) in [5, 5.41) is 4.89. The van der Waals surface area contributed by atoms with Gasteiger partial charge >= 0.3 is 5.97 Å². The van der Waals surface area contributed by atoms with Crippen molar-refractivity contribution >= 4 is 39.7 Å². The van der Waals surface area contributed by atoms with Crippen LogP contribution in [0.4, 0.5) is 5.13 Å². The van der Waals surface area contributed by atoms with Gasteiger partial charge in [0, 0.05) is 16.5 Å². The van der Waals surface area contributed by atoms with Crippen LogP contribution in [0.3, 0.4) is 0 Å². The first-order valence-electron chi connectivity index (χ1n) is 7.16. The Bertz CT molecular complexity index is 656. The zero-order valence-corrected chi connectivity index (χ0v) is 13.8. The van der Waals surface area contributed by atoms with E-state index in [-0.39, 0.29) is 5.91 Å². The first-order valence-corrected chi connectivity index (χ1v) is 8.86. The molecule has 3 rings (SSSR count). The van der Waals surface area contributed by atoms with Crippen LogP contribution in [0, 0.1) is 0 Å². The van der Waals surface area contributed by atoms with Gasteiger partial charge in [-0.2, -0.15) is 0 Å². The van der Waals surface area contributed by atoms with E-state index >= 15 is 0 Å². The van der Waals surface area contributed by atoms with E-state index in [0.29, 0.717) is 10.0 Å². The first-order chi connectivity index (χ1) is 10.6. The molecule has 0 saturated heterocycles. The lowest BCUT2D eigenvalue weighted by Crippen LogP contribution is -2.29. The SMILES string of the molecule is CC(OC(=O)c1cc2c(s1)CCCC2)C(=O)Nc1nccs1. The van der Waals surface area contributed by atoms with Gasteiger partial charge in [0.15, 0.2) is 11.2 Å². The molecule has 2 heterocycles. The van der Waals surface area contributed by atoms with Crippen LogP contribution < -0.4 is 5.32 Å². The third-order valence-corrected chi connectivity index (χ3v) is 5.42. The van der Waals surface area contributed by atoms with E-state index in [2.05, 4.69) is 10.3 Å². The molecule has 0 fully saturated rings. The predicted octanol–water partition coefficient (Wildman–Crippen LogP) is 3.27. The number of thiophene rings is 1. The molecule has 2 aromatic rings. The van der Waals surface area contributed by atoms with Gasteiger partial charge in [0.05, 0.1) is 0 Å². The minimum Gasteiger partial charge on any atom is -0.448 e. The van der Waals surface area contributed by atoms with E-state index in [1.807, 2.05) is 6.07 Å². The first kappa shape index (κ1) is 15.2. The maximum Gasteiger partial charge on any atom is 0.349 e. The molecule has 5 nitrogen and oxygen atoms in total. The Labute approximate surface area is 136 Å². The molecular formula is C15H16N2O3S2. The summed E-state index contributed by atoms with van der Waals surface area (Å²) < 4.78 is 5.26. The zero-order chi connectivity index (χ0) is 15.5. The minimum atomic E-state index is -0.851. The number of aryl methyl sites for hydroxylation is 2. The van der Waals surface area contributed by atoms with Crippen molar-refractivity contribution in [2.75, 3.05) is 5.32 Å². The maximum atomic E-state index is 12.2. The van der Waals surface area contributed by atoms with Crippen LogP contribution in [0.5, 0.6) is 0 Å². The van der Waals surface area contributed by atoms with Crippen molar-refractivity contribution in [3.05, 3.63) is 33.0 Å². The molecule has 22 heavy (non-hydrogen) atoms. The van der Waals surface area contributed by atoms with Gasteiger partial charge in [0.1, 0.15) is 4.88 Å². The van der Waals surface area contributed by atoms with Gasteiger partial charge in [-0.3, -0.25) is 10.1 Å². The van der Waals surface area contributed by atoms with Crippen molar-refractivity contribution in [3.8, 4) is 0 Å². The minimum absolute atomic E-state index is 0.371. The van der Waals surface area contributed by atoms with Gasteiger partial charge in [-0.1, -0.05) is 0 Å². The summed E-state index contributed by atoms with van der Waals surface area (Å²) in [6.07, 6.45) is 5.16. The van der Waals surface area contributed by atoms with Crippen molar-refractivity contribution in [2.24, 2.45) is 0 Å². The monoisotopic (exact) mass is 336 g/mol. The van der Waals surface area contributed by atoms with Crippen molar-refractivity contribution in [1.29, 1.82) is 0 Å². The number of rotatable bonds is 4. The lowest BCUT2D eigenvalue weighted by atomic mass is 9.99. The average molecular weight is 336 g/mol. The van der Waals surface area contributed by atoms with Crippen LogP contribution in [0.15, 0.2) is 17.6 Å². The van der Waals surface area contributed by atoms with Crippen LogP contribution in [0.1, 0.15) is 39.9 Å². The van der Waals surface area contributed by atoms with Gasteiger partial charge in [-0.05, 0) is 44.2 Å². The highest BCUT2D eigenvalue weighted by atomic mass is 32.1. The summed E-state index contributed by atoms with van der Waals surface area (Å²) in [6, 6.07) is 1.91. The Kier molecular flexibility index (Phi) is 4.54. The lowest BCUT2D eigenvalue weighted by Gasteiger charge is -2.11. The Morgan fingerprint density at radius 3 is 2.91 bits per heavy atom. The number of carbonyl (C=O) groups is 2. The molecule has 1 aliphatic carbocycles. The Balaban J connectivity index is 1.60. The van der Waals surface area contributed by atoms with Gasteiger partial charge in [-0.25, -0.2) is 9.78 Å². The van der Waals surface area contributed by atoms with Crippen LogP contribution in [-0.4, -0.2) is 23.0 Å². The highest BCUT2D eigenvalue weighted by molar-refractivity contribution is 7.14. The number of amides is 1. The van der Waals surface area contributed by atoms with E-state index in [1.165, 1.54) is 46.0 Å². The second-order valence-corrected chi connectivity index (χ2v) is 7.17. The van der Waals surface area contributed by atoms with Gasteiger partial charge in [0.25, 0.3) is 5.91 Å². The van der Waals surface area contributed by atoms with Crippen LogP contribution in [0.2, 0.25) is 0 Å². The summed E-state index contributed by atoms with van der Waals surface area (Å²) in [6.45, 7) is 1.56. The molecule has 2 aromatic heterocycles. The molecule has 0 saturated carbocycles. The average Bonchev–Trinajstić information content (AvgIpc) is 3.15. The van der Waals surface area contributed by atoms with Crippen molar-refractivity contribution in [1.82, 2.24) is 4.98 Å². The lowest BCUT2D eigenvalue weighted by molar-refractivity contribution is -0.123. The fourth-order valence-corrected chi connectivity index (χ4v) is 4.02. The molecule has 1 N–H and O–H groups in total. The Morgan fingerprint density at radius 1 is 1.36 bits per heavy atom. The predicted molar refractivity (Wildman–Crippen MR) is 86.6 cm³/mol. The summed E-state index contributed by atoms with van der Waals surface area (Å²) in [4.78, 5) is 30.0. The molecule has 1 aliphatic rings. The molecule has 1 amide bonds. The van der Waals surface area contributed by atoms with Crippen LogP contribution >= 0.6 is 22.7 Å². The van der Waals surface area contributed by atoms with E-state index in [1.54, 1.807) is 18.5 Å². The van der Waals surface area contributed by atoms with Gasteiger partial charge < -0.3 is 4.74 Å². The molecule has 0 bridgehead atoms. The second-order valence-electron chi connectivity index (χ2n) is 5.14. The molecule has 1 atom stereocenters. The highest BCUT2D eigenvalue weighted by Gasteiger charge is 2.23. The standard InChI is InChI=1S/C15H16N2O3S2/c1-9(13(18)17-15-16-6-7-21-15)20-14(19)12-8-10-4-2-3-5-11(10)22-12/h6-9H,2-5H2,1H3,(H,16,17,18). The molecule has 0 radical (unpaired) electrons. The molecule has 1 unspecified atom stereocenters. The maximum absolute atomic E-state index is 12.2. The topological polar surface area (TPSA) is 68.3 Å². The summed E-state index contributed by atoms with van der Waals surface area (Å²) in [5.41, 5.74) is 1.25. The van der Waals surface area contributed by atoms with E-state index in [9.17, 15) is 9.59 Å². The number of esters is 1. The van der Waals surface area contributed by atoms with Crippen molar-refractivity contribution in [2.45, 2.75) is 38.7 Å². The second kappa shape index (κ2) is 6.58. The van der Waals surface area contributed by atoms with E-state index in [0.717, 1.165) is 12.8 Å². The van der Waals surface area contributed by atoms with Crippen LogP contribution in [0.25, 0.3) is 0 Å². The van der Waals surface area contributed by atoms with E-state index in [4.69, 9.17) is 4.74 Å². The summed E-state index contributed by atoms with van der Waals surface area (Å²) in [5.74, 6) is -0.800. The number of thiazole rings is 1. The molecule has 0 spiro atoms. The number of fused-ring (bicyclic) bond motifs is 1. The fraction of sp³-hybridized carbons (Fsp3) is 0.400. The molecular weight excluding hydrogens is 320 g/mol. The molecule has 116 valence electrons. The van der Waals surface area contributed by atoms with Gasteiger partial charge in [0.2, 0.25) is 0 Å². The fourth-order valence-electron chi connectivity index (χ4n) is 2.36.